The van der Waals surface area contributed by atoms with Crippen molar-refractivity contribution in [3.63, 3.8) is 0 Å². The van der Waals surface area contributed by atoms with E-state index in [9.17, 15) is 0 Å². The van der Waals surface area contributed by atoms with E-state index in [1.807, 2.05) is 18.3 Å². The van der Waals surface area contributed by atoms with E-state index in [-0.39, 0.29) is 12.1 Å². The standard InChI is InChI=1S/C18H25N5S/c1-13-8-9-15(20-13)17-16(14-7-4-5-10-19-14)21-18(24)23(17)12-6-11-22(2)3/h4-5,7-10,16-17,20H,6,11-12H2,1-3H3,(H,21,24)/t16-,17-/m1/s1. The summed E-state index contributed by atoms with van der Waals surface area (Å²) in [5, 5.41) is 4.28. The molecule has 0 saturated carbocycles. The number of thiocarbonyl (C=S) groups is 1. The minimum atomic E-state index is 0.0658. The number of hydrogen-bond acceptors (Lipinski definition) is 3. The molecule has 6 heteroatoms. The fourth-order valence-corrected chi connectivity index (χ4v) is 3.57. The summed E-state index contributed by atoms with van der Waals surface area (Å²) in [4.78, 5) is 12.5. The second-order valence-corrected chi connectivity index (χ2v) is 6.96. The average molecular weight is 344 g/mol. The zero-order valence-electron chi connectivity index (χ0n) is 14.5. The Bertz CT molecular complexity index is 682. The Morgan fingerprint density at radius 2 is 2.08 bits per heavy atom. The summed E-state index contributed by atoms with van der Waals surface area (Å²) < 4.78 is 0. The van der Waals surface area contributed by atoms with Gasteiger partial charge in [-0.15, -0.1) is 0 Å². The SMILES string of the molecule is Cc1ccc([C@@H]2[C@@H](c3ccccn3)NC(=S)N2CCCN(C)C)[nH]1. The molecule has 1 saturated heterocycles. The van der Waals surface area contributed by atoms with Gasteiger partial charge in [0.25, 0.3) is 0 Å². The normalized spacial score (nSPS) is 20.7. The first-order valence-electron chi connectivity index (χ1n) is 8.34. The Hall–Kier alpha value is -1.92. The smallest absolute Gasteiger partial charge is 0.170 e. The van der Waals surface area contributed by atoms with E-state index in [1.165, 1.54) is 5.69 Å². The summed E-state index contributed by atoms with van der Waals surface area (Å²) in [5.41, 5.74) is 3.36. The maximum Gasteiger partial charge on any atom is 0.170 e. The molecule has 24 heavy (non-hydrogen) atoms. The van der Waals surface area contributed by atoms with Gasteiger partial charge in [0.2, 0.25) is 0 Å². The molecule has 128 valence electrons. The molecule has 0 unspecified atom stereocenters. The second-order valence-electron chi connectivity index (χ2n) is 6.57. The van der Waals surface area contributed by atoms with Crippen LogP contribution in [-0.4, -0.2) is 52.1 Å². The van der Waals surface area contributed by atoms with Crippen LogP contribution in [0, 0.1) is 6.92 Å². The van der Waals surface area contributed by atoms with Crippen LogP contribution in [0.1, 0.15) is 35.6 Å². The van der Waals surface area contributed by atoms with Crippen molar-refractivity contribution in [2.24, 2.45) is 0 Å². The van der Waals surface area contributed by atoms with E-state index in [2.05, 4.69) is 64.3 Å². The minimum Gasteiger partial charge on any atom is -0.361 e. The summed E-state index contributed by atoms with van der Waals surface area (Å²) in [6.07, 6.45) is 2.91. The molecular formula is C18H25N5S. The van der Waals surface area contributed by atoms with E-state index in [0.29, 0.717) is 0 Å². The zero-order chi connectivity index (χ0) is 17.1. The first-order valence-corrected chi connectivity index (χ1v) is 8.75. The number of aromatic nitrogens is 2. The minimum absolute atomic E-state index is 0.0658. The number of hydrogen-bond donors (Lipinski definition) is 2. The van der Waals surface area contributed by atoms with Crippen LogP contribution in [-0.2, 0) is 0 Å². The molecule has 2 atom stereocenters. The number of aryl methyl sites for hydroxylation is 1. The highest BCUT2D eigenvalue weighted by molar-refractivity contribution is 7.80. The van der Waals surface area contributed by atoms with Crippen molar-refractivity contribution >= 4 is 17.3 Å². The van der Waals surface area contributed by atoms with Crippen molar-refractivity contribution in [1.82, 2.24) is 25.1 Å². The zero-order valence-corrected chi connectivity index (χ0v) is 15.3. The summed E-state index contributed by atoms with van der Waals surface area (Å²) in [5.74, 6) is 0. The monoisotopic (exact) mass is 343 g/mol. The molecule has 2 aromatic rings. The third-order valence-electron chi connectivity index (χ3n) is 4.38. The van der Waals surface area contributed by atoms with E-state index in [0.717, 1.165) is 36.0 Å². The molecule has 3 heterocycles. The number of aromatic amines is 1. The first kappa shape index (κ1) is 16.9. The molecule has 0 bridgehead atoms. The van der Waals surface area contributed by atoms with E-state index >= 15 is 0 Å². The molecular weight excluding hydrogens is 318 g/mol. The van der Waals surface area contributed by atoms with Crippen LogP contribution in [0.2, 0.25) is 0 Å². The lowest BCUT2D eigenvalue weighted by molar-refractivity contribution is 0.289. The molecule has 0 aliphatic carbocycles. The van der Waals surface area contributed by atoms with Crippen LogP contribution in [0.3, 0.4) is 0 Å². The Labute approximate surface area is 149 Å². The molecule has 0 spiro atoms. The van der Waals surface area contributed by atoms with Gasteiger partial charge in [-0.3, -0.25) is 4.98 Å². The molecule has 1 aliphatic rings. The summed E-state index contributed by atoms with van der Waals surface area (Å²) >= 11 is 5.64. The highest BCUT2D eigenvalue weighted by Gasteiger charge is 2.40. The average Bonchev–Trinajstić information content (AvgIpc) is 3.12. The molecule has 5 nitrogen and oxygen atoms in total. The maximum atomic E-state index is 5.64. The van der Waals surface area contributed by atoms with Gasteiger partial charge in [-0.1, -0.05) is 6.07 Å². The summed E-state index contributed by atoms with van der Waals surface area (Å²) in [7, 11) is 4.20. The second kappa shape index (κ2) is 7.32. The van der Waals surface area contributed by atoms with Crippen LogP contribution in [0.5, 0.6) is 0 Å². The molecule has 0 aromatic carbocycles. The number of nitrogens with zero attached hydrogens (tertiary/aromatic N) is 3. The van der Waals surface area contributed by atoms with Crippen molar-refractivity contribution in [3.05, 3.63) is 53.6 Å². The topological polar surface area (TPSA) is 47.2 Å². The molecule has 0 amide bonds. The highest BCUT2D eigenvalue weighted by atomic mass is 32.1. The predicted octanol–water partition coefficient (Wildman–Crippen LogP) is 2.64. The van der Waals surface area contributed by atoms with E-state index in [1.54, 1.807) is 0 Å². The Balaban J connectivity index is 1.88. The number of rotatable bonds is 6. The van der Waals surface area contributed by atoms with Gasteiger partial charge in [-0.2, -0.15) is 0 Å². The van der Waals surface area contributed by atoms with Crippen molar-refractivity contribution in [2.75, 3.05) is 27.2 Å². The Morgan fingerprint density at radius 1 is 1.25 bits per heavy atom. The van der Waals surface area contributed by atoms with Crippen molar-refractivity contribution in [1.29, 1.82) is 0 Å². The molecule has 3 rings (SSSR count). The third kappa shape index (κ3) is 3.60. The van der Waals surface area contributed by atoms with Gasteiger partial charge in [0.05, 0.1) is 17.8 Å². The van der Waals surface area contributed by atoms with Gasteiger partial charge in [0.15, 0.2) is 5.11 Å². The van der Waals surface area contributed by atoms with Crippen LogP contribution in [0.4, 0.5) is 0 Å². The third-order valence-corrected chi connectivity index (χ3v) is 4.73. The predicted molar refractivity (Wildman–Crippen MR) is 101 cm³/mol. The summed E-state index contributed by atoms with van der Waals surface area (Å²) in [6.45, 7) is 4.05. The molecule has 2 aromatic heterocycles. The van der Waals surface area contributed by atoms with Gasteiger partial charge >= 0.3 is 0 Å². The number of nitrogens with one attached hydrogen (secondary N) is 2. The van der Waals surface area contributed by atoms with Crippen LogP contribution in [0.15, 0.2) is 36.5 Å². The van der Waals surface area contributed by atoms with Gasteiger partial charge in [0, 0.05) is 24.1 Å². The lowest BCUT2D eigenvalue weighted by Crippen LogP contribution is -2.32. The van der Waals surface area contributed by atoms with Gasteiger partial charge in [-0.05, 0) is 70.5 Å². The van der Waals surface area contributed by atoms with Crippen molar-refractivity contribution in [3.8, 4) is 0 Å². The Kier molecular flexibility index (Phi) is 5.16. The fourth-order valence-electron chi connectivity index (χ4n) is 3.24. The van der Waals surface area contributed by atoms with Gasteiger partial charge < -0.3 is 20.1 Å². The van der Waals surface area contributed by atoms with Crippen LogP contribution in [0.25, 0.3) is 0 Å². The molecule has 1 fully saturated rings. The Morgan fingerprint density at radius 3 is 2.71 bits per heavy atom. The molecule has 0 radical (unpaired) electrons. The lowest BCUT2D eigenvalue weighted by Gasteiger charge is -2.27. The van der Waals surface area contributed by atoms with Crippen molar-refractivity contribution in [2.45, 2.75) is 25.4 Å². The van der Waals surface area contributed by atoms with E-state index in [4.69, 9.17) is 12.2 Å². The van der Waals surface area contributed by atoms with Gasteiger partial charge in [-0.25, -0.2) is 0 Å². The number of H-pyrrole nitrogens is 1. The molecule has 2 N–H and O–H groups in total. The van der Waals surface area contributed by atoms with Gasteiger partial charge in [0.1, 0.15) is 0 Å². The van der Waals surface area contributed by atoms with E-state index < -0.39 is 0 Å². The maximum absolute atomic E-state index is 5.64. The highest BCUT2D eigenvalue weighted by Crippen LogP contribution is 2.37. The lowest BCUT2D eigenvalue weighted by atomic mass is 10.0. The van der Waals surface area contributed by atoms with Crippen LogP contribution >= 0.6 is 12.2 Å². The summed E-state index contributed by atoms with van der Waals surface area (Å²) in [6, 6.07) is 10.5. The largest absolute Gasteiger partial charge is 0.361 e. The quantitative estimate of drug-likeness (QED) is 0.790. The fraction of sp³-hybridized carbons (Fsp3) is 0.444. The first-order chi connectivity index (χ1) is 11.6. The van der Waals surface area contributed by atoms with Crippen LogP contribution < -0.4 is 5.32 Å². The molecule has 1 aliphatic heterocycles. The number of pyridine rings is 1. The van der Waals surface area contributed by atoms with Crippen molar-refractivity contribution < 1.29 is 0 Å².